The molecule has 6 atom stereocenters. The third kappa shape index (κ3) is 12.9. The molecule has 0 aliphatic heterocycles. The molecule has 5 amide bonds. The predicted octanol–water partition coefficient (Wildman–Crippen LogP) is 2.13. The van der Waals surface area contributed by atoms with Crippen molar-refractivity contribution in [2.24, 2.45) is 5.73 Å². The number of hydrogen-bond donors (Lipinski definition) is 10. The fourth-order valence-electron chi connectivity index (χ4n) is 6.55. The molecule has 0 aliphatic carbocycles. The van der Waals surface area contributed by atoms with Crippen molar-refractivity contribution in [1.29, 1.82) is 0 Å². The highest BCUT2D eigenvalue weighted by atomic mass is 32.1. The van der Waals surface area contributed by atoms with Crippen molar-refractivity contribution >= 4 is 71.7 Å². The number of amides is 5. The summed E-state index contributed by atoms with van der Waals surface area (Å²) in [6.45, 7) is 0. The Labute approximate surface area is 358 Å². The van der Waals surface area contributed by atoms with Gasteiger partial charge in [0.1, 0.15) is 30.2 Å². The van der Waals surface area contributed by atoms with Crippen LogP contribution in [0.4, 0.5) is 0 Å². The van der Waals surface area contributed by atoms with Gasteiger partial charge in [-0.15, -0.1) is 0 Å². The fraction of sp³-hybridized carbons (Fsp3) is 0.273. The number of carbonyl (C=O) groups excluding carboxylic acids is 5. The molecular formula is C44H49N7O7S2. The summed E-state index contributed by atoms with van der Waals surface area (Å²) in [6.07, 6.45) is 2.11. The molecule has 5 aromatic rings. The van der Waals surface area contributed by atoms with Gasteiger partial charge in [0.05, 0.1) is 6.04 Å². The number of aliphatic carboxylic acids is 1. The molecule has 1 aromatic heterocycles. The summed E-state index contributed by atoms with van der Waals surface area (Å²) in [5.41, 5.74) is 10.3. The lowest BCUT2D eigenvalue weighted by molar-refractivity contribution is -0.141. The second-order valence-electron chi connectivity index (χ2n) is 14.2. The van der Waals surface area contributed by atoms with E-state index in [9.17, 15) is 33.9 Å². The number of thiol groups is 2. The van der Waals surface area contributed by atoms with Crippen LogP contribution < -0.4 is 32.3 Å². The zero-order valence-electron chi connectivity index (χ0n) is 32.6. The van der Waals surface area contributed by atoms with E-state index < -0.39 is 71.8 Å². The first-order valence-electron chi connectivity index (χ1n) is 19.3. The molecule has 4 aromatic carbocycles. The lowest BCUT2D eigenvalue weighted by atomic mass is 10.0. The average Bonchev–Trinajstić information content (AvgIpc) is 3.66. The van der Waals surface area contributed by atoms with Gasteiger partial charge in [0.2, 0.25) is 29.5 Å². The number of nitrogens with two attached hydrogens (primary N) is 1. The van der Waals surface area contributed by atoms with E-state index in [1.165, 1.54) is 0 Å². The first kappa shape index (κ1) is 45.0. The summed E-state index contributed by atoms with van der Waals surface area (Å²) in [5.74, 6) is -5.17. The molecule has 0 aliphatic rings. The van der Waals surface area contributed by atoms with Crippen molar-refractivity contribution in [2.45, 2.75) is 61.9 Å². The number of rotatable bonds is 21. The van der Waals surface area contributed by atoms with E-state index >= 15 is 0 Å². The summed E-state index contributed by atoms with van der Waals surface area (Å²) in [7, 11) is 0. The molecule has 9 N–H and O–H groups in total. The Hall–Kier alpha value is -6.10. The van der Waals surface area contributed by atoms with E-state index in [4.69, 9.17) is 5.73 Å². The SMILES string of the molecule is N[C@@H](Cc1c[nH]c2ccccc12)C(=O)N[C@@H](Cc1ccccc1)C(=O)N[C@@H](Cc1ccccc1)C(=O)N[C@@H](CS)C(=O)N[C@@H](Cc1ccccc1)C(=O)N[C@@H](CS)C(=O)O. The van der Waals surface area contributed by atoms with Crippen molar-refractivity contribution in [1.82, 2.24) is 31.6 Å². The van der Waals surface area contributed by atoms with Crippen LogP contribution in [0.3, 0.4) is 0 Å². The van der Waals surface area contributed by atoms with E-state index in [0.29, 0.717) is 11.1 Å². The quantitative estimate of drug-likeness (QED) is 0.0492. The minimum Gasteiger partial charge on any atom is -0.480 e. The third-order valence-corrected chi connectivity index (χ3v) is 10.5. The van der Waals surface area contributed by atoms with E-state index in [1.54, 1.807) is 66.9 Å². The molecule has 0 spiro atoms. The maximum Gasteiger partial charge on any atom is 0.327 e. The van der Waals surface area contributed by atoms with Crippen LogP contribution in [0.5, 0.6) is 0 Å². The smallest absolute Gasteiger partial charge is 0.327 e. The molecule has 314 valence electrons. The number of aromatic amines is 1. The van der Waals surface area contributed by atoms with Crippen LogP contribution in [0.1, 0.15) is 22.3 Å². The summed E-state index contributed by atoms with van der Waals surface area (Å²) in [6, 6.07) is 27.2. The highest BCUT2D eigenvalue weighted by Gasteiger charge is 2.33. The van der Waals surface area contributed by atoms with Gasteiger partial charge in [0.25, 0.3) is 0 Å². The van der Waals surface area contributed by atoms with Crippen LogP contribution in [-0.4, -0.2) is 93.4 Å². The number of nitrogens with one attached hydrogen (secondary N) is 6. The molecule has 0 fully saturated rings. The maximum absolute atomic E-state index is 14.2. The lowest BCUT2D eigenvalue weighted by Crippen LogP contribution is -2.60. The molecule has 0 saturated carbocycles. The van der Waals surface area contributed by atoms with Crippen LogP contribution in [0.25, 0.3) is 10.9 Å². The third-order valence-electron chi connectivity index (χ3n) is 9.81. The summed E-state index contributed by atoms with van der Waals surface area (Å²) in [4.78, 5) is 83.9. The highest BCUT2D eigenvalue weighted by Crippen LogP contribution is 2.19. The Morgan fingerprint density at radius 3 is 1.30 bits per heavy atom. The molecule has 14 nitrogen and oxygen atoms in total. The number of aromatic nitrogens is 1. The van der Waals surface area contributed by atoms with Gasteiger partial charge in [0, 0.05) is 47.9 Å². The van der Waals surface area contributed by atoms with Gasteiger partial charge >= 0.3 is 5.97 Å². The monoisotopic (exact) mass is 851 g/mol. The largest absolute Gasteiger partial charge is 0.480 e. The number of H-pyrrole nitrogens is 1. The molecule has 1 heterocycles. The Balaban J connectivity index is 1.34. The molecule has 0 saturated heterocycles. The zero-order valence-corrected chi connectivity index (χ0v) is 34.4. The lowest BCUT2D eigenvalue weighted by Gasteiger charge is -2.27. The second-order valence-corrected chi connectivity index (χ2v) is 15.0. The van der Waals surface area contributed by atoms with Crippen molar-refractivity contribution in [3.63, 3.8) is 0 Å². The van der Waals surface area contributed by atoms with Gasteiger partial charge in [-0.3, -0.25) is 24.0 Å². The van der Waals surface area contributed by atoms with Crippen LogP contribution in [-0.2, 0) is 54.5 Å². The number of carboxylic acid groups (broad SMARTS) is 1. The topological polar surface area (TPSA) is 225 Å². The van der Waals surface area contributed by atoms with E-state index in [-0.39, 0.29) is 37.2 Å². The zero-order chi connectivity index (χ0) is 43.0. The van der Waals surface area contributed by atoms with Gasteiger partial charge < -0.3 is 42.4 Å². The first-order chi connectivity index (χ1) is 28.9. The molecule has 16 heteroatoms. The number of carbonyl (C=O) groups is 6. The second kappa shape index (κ2) is 22.3. The van der Waals surface area contributed by atoms with Crippen LogP contribution in [0.15, 0.2) is 121 Å². The summed E-state index contributed by atoms with van der Waals surface area (Å²) < 4.78 is 0. The molecule has 5 rings (SSSR count). The standard InChI is InChI=1S/C44H49N7O7S2/c45-32(23-30-24-46-33-19-11-10-18-31(30)33)39(52)47-34(20-27-12-4-1-5-13-27)40(53)48-35(21-28-14-6-2-7-15-28)41(54)50-37(25-59)43(56)49-36(22-29-16-8-3-9-17-29)42(55)51-38(26-60)44(57)58/h1-19,24,32,34-38,46,59-60H,20-23,25-26,45H2,(H,47,52)(H,48,53)(H,49,56)(H,50,54)(H,51,55)(H,57,58)/t32-,34-,35-,36-,37-,38-/m0/s1. The number of carboxylic acids is 1. The number of fused-ring (bicyclic) bond motifs is 1. The Morgan fingerprint density at radius 1 is 0.500 bits per heavy atom. The molecular weight excluding hydrogens is 803 g/mol. The highest BCUT2D eigenvalue weighted by molar-refractivity contribution is 7.80. The van der Waals surface area contributed by atoms with Crippen LogP contribution >= 0.6 is 25.3 Å². The van der Waals surface area contributed by atoms with Gasteiger partial charge in [-0.1, -0.05) is 109 Å². The Kier molecular flexibility index (Phi) is 16.7. The number of para-hydroxylation sites is 1. The van der Waals surface area contributed by atoms with Gasteiger partial charge in [-0.05, 0) is 34.7 Å². The van der Waals surface area contributed by atoms with Gasteiger partial charge in [0.15, 0.2) is 0 Å². The Bertz CT molecular complexity index is 2230. The molecule has 0 bridgehead atoms. The van der Waals surface area contributed by atoms with Crippen LogP contribution in [0, 0.1) is 0 Å². The van der Waals surface area contributed by atoms with E-state index in [0.717, 1.165) is 22.0 Å². The first-order valence-corrected chi connectivity index (χ1v) is 20.6. The maximum atomic E-state index is 14.2. The van der Waals surface area contributed by atoms with Crippen LogP contribution in [0.2, 0.25) is 0 Å². The van der Waals surface area contributed by atoms with Crippen molar-refractivity contribution in [2.75, 3.05) is 11.5 Å². The molecule has 0 radical (unpaired) electrons. The number of hydrogen-bond acceptors (Lipinski definition) is 9. The molecule has 60 heavy (non-hydrogen) atoms. The van der Waals surface area contributed by atoms with Crippen molar-refractivity contribution in [3.8, 4) is 0 Å². The minimum atomic E-state index is -1.32. The van der Waals surface area contributed by atoms with E-state index in [2.05, 4.69) is 56.8 Å². The molecule has 0 unspecified atom stereocenters. The summed E-state index contributed by atoms with van der Waals surface area (Å²) in [5, 5.41) is 23.8. The number of benzene rings is 4. The van der Waals surface area contributed by atoms with E-state index in [1.807, 2.05) is 54.6 Å². The van der Waals surface area contributed by atoms with Gasteiger partial charge in [-0.25, -0.2) is 4.79 Å². The van der Waals surface area contributed by atoms with Crippen molar-refractivity contribution in [3.05, 3.63) is 144 Å². The normalized spacial score (nSPS) is 14.1. The predicted molar refractivity (Wildman–Crippen MR) is 235 cm³/mol. The minimum absolute atomic E-state index is 0.0111. The Morgan fingerprint density at radius 2 is 0.867 bits per heavy atom. The summed E-state index contributed by atoms with van der Waals surface area (Å²) >= 11 is 8.34. The van der Waals surface area contributed by atoms with Crippen molar-refractivity contribution < 1.29 is 33.9 Å². The fourth-order valence-corrected chi connectivity index (χ4v) is 7.06. The average molecular weight is 852 g/mol. The van der Waals surface area contributed by atoms with Gasteiger partial charge in [-0.2, -0.15) is 25.3 Å².